The summed E-state index contributed by atoms with van der Waals surface area (Å²) >= 11 is 0. The molecular weight excluding hydrogens is 172 g/mol. The van der Waals surface area contributed by atoms with Crippen molar-refractivity contribution in [2.45, 2.75) is 26.7 Å². The number of hydrogen-bond acceptors (Lipinski definition) is 2. The van der Waals surface area contributed by atoms with Crippen molar-refractivity contribution < 1.29 is 0 Å². The van der Waals surface area contributed by atoms with Gasteiger partial charge >= 0.3 is 0 Å². The van der Waals surface area contributed by atoms with E-state index < -0.39 is 0 Å². The molecule has 0 saturated heterocycles. The number of aromatic nitrogens is 1. The molecule has 0 aliphatic carbocycles. The van der Waals surface area contributed by atoms with Crippen LogP contribution in [0.4, 0.5) is 5.69 Å². The van der Waals surface area contributed by atoms with Gasteiger partial charge in [0.25, 0.3) is 0 Å². The van der Waals surface area contributed by atoms with E-state index in [1.165, 1.54) is 5.56 Å². The molecule has 0 spiro atoms. The van der Waals surface area contributed by atoms with Crippen LogP contribution in [-0.2, 0) is 0 Å². The van der Waals surface area contributed by atoms with Gasteiger partial charge in [-0.05, 0) is 11.5 Å². The second-order valence-corrected chi connectivity index (χ2v) is 4.91. The van der Waals surface area contributed by atoms with E-state index in [2.05, 4.69) is 37.7 Å². The van der Waals surface area contributed by atoms with Crippen molar-refractivity contribution in [3.63, 3.8) is 0 Å². The second kappa shape index (κ2) is 2.84. The van der Waals surface area contributed by atoms with Gasteiger partial charge in [0.1, 0.15) is 0 Å². The highest BCUT2D eigenvalue weighted by Gasteiger charge is 2.35. The number of nitrogens with one attached hydrogen (secondary N) is 1. The summed E-state index contributed by atoms with van der Waals surface area (Å²) in [6, 6.07) is 2.01. The summed E-state index contributed by atoms with van der Waals surface area (Å²) in [4.78, 5) is 4.17. The maximum Gasteiger partial charge on any atom is 0.0452 e. The fraction of sp³-hybridized carbons (Fsp3) is 0.417. The summed E-state index contributed by atoms with van der Waals surface area (Å²) in [6.07, 6.45) is 3.75. The molecular formula is C12H16N2. The zero-order chi connectivity index (χ0) is 10.3. The van der Waals surface area contributed by atoms with Gasteiger partial charge in [0, 0.05) is 35.3 Å². The van der Waals surface area contributed by atoms with Crippen LogP contribution in [0.1, 0.15) is 32.3 Å². The normalized spacial score (nSPS) is 20.5. The summed E-state index contributed by atoms with van der Waals surface area (Å²) in [5.74, 6) is 0.367. The summed E-state index contributed by atoms with van der Waals surface area (Å²) < 4.78 is 0. The Balaban J connectivity index is 2.50. The minimum atomic E-state index is 0.193. The Morgan fingerprint density at radius 1 is 1.43 bits per heavy atom. The molecule has 0 aromatic carbocycles. The minimum absolute atomic E-state index is 0.193. The third kappa shape index (κ3) is 1.31. The number of hydrogen-bond donors (Lipinski definition) is 1. The lowest BCUT2D eigenvalue weighted by Crippen LogP contribution is -2.18. The van der Waals surface area contributed by atoms with Gasteiger partial charge < -0.3 is 5.32 Å². The molecule has 1 aromatic rings. The highest BCUT2D eigenvalue weighted by molar-refractivity contribution is 5.64. The van der Waals surface area contributed by atoms with E-state index in [1.54, 1.807) is 0 Å². The van der Waals surface area contributed by atoms with E-state index in [4.69, 9.17) is 0 Å². The Morgan fingerprint density at radius 3 is 2.79 bits per heavy atom. The van der Waals surface area contributed by atoms with E-state index in [0.717, 1.165) is 11.4 Å². The molecule has 74 valence electrons. The molecule has 14 heavy (non-hydrogen) atoms. The Bertz CT molecular complexity index is 374. The first-order chi connectivity index (χ1) is 6.50. The van der Waals surface area contributed by atoms with Crippen LogP contribution >= 0.6 is 0 Å². The first-order valence-electron chi connectivity index (χ1n) is 4.90. The van der Waals surface area contributed by atoms with Crippen molar-refractivity contribution in [3.8, 4) is 0 Å². The van der Waals surface area contributed by atoms with Gasteiger partial charge in [-0.25, -0.2) is 0 Å². The topological polar surface area (TPSA) is 24.9 Å². The summed E-state index contributed by atoms with van der Waals surface area (Å²) in [5, 5.41) is 3.32. The number of fused-ring (bicyclic) bond motifs is 1. The average Bonchev–Trinajstić information content (AvgIpc) is 2.38. The van der Waals surface area contributed by atoms with Gasteiger partial charge in [-0.15, -0.1) is 0 Å². The maximum absolute atomic E-state index is 4.17. The number of anilines is 1. The van der Waals surface area contributed by atoms with Crippen LogP contribution in [0, 0.1) is 5.41 Å². The van der Waals surface area contributed by atoms with Gasteiger partial charge in [-0.1, -0.05) is 27.4 Å². The van der Waals surface area contributed by atoms with Gasteiger partial charge in [0.2, 0.25) is 0 Å². The maximum atomic E-state index is 4.17. The van der Waals surface area contributed by atoms with Crippen molar-refractivity contribution in [3.05, 3.63) is 36.3 Å². The van der Waals surface area contributed by atoms with E-state index in [9.17, 15) is 0 Å². The lowest BCUT2D eigenvalue weighted by molar-refractivity contribution is 0.362. The van der Waals surface area contributed by atoms with Crippen LogP contribution in [0.2, 0.25) is 0 Å². The molecule has 1 aliphatic heterocycles. The average molecular weight is 188 g/mol. The molecule has 2 heterocycles. The zero-order valence-electron chi connectivity index (χ0n) is 8.96. The smallest absolute Gasteiger partial charge is 0.0452 e. The SMILES string of the molecule is C=C1Nc2ccncc2C1C(C)(C)C. The van der Waals surface area contributed by atoms with Crippen LogP contribution in [0.25, 0.3) is 0 Å². The Hall–Kier alpha value is -1.31. The largest absolute Gasteiger partial charge is 0.359 e. The zero-order valence-corrected chi connectivity index (χ0v) is 8.96. The predicted octanol–water partition coefficient (Wildman–Crippen LogP) is 3.15. The van der Waals surface area contributed by atoms with E-state index in [1.807, 2.05) is 18.5 Å². The van der Waals surface area contributed by atoms with Crippen LogP contribution in [0.5, 0.6) is 0 Å². The molecule has 0 fully saturated rings. The van der Waals surface area contributed by atoms with Gasteiger partial charge in [0.15, 0.2) is 0 Å². The van der Waals surface area contributed by atoms with Crippen LogP contribution in [0.15, 0.2) is 30.7 Å². The van der Waals surface area contributed by atoms with Crippen molar-refractivity contribution in [1.82, 2.24) is 4.98 Å². The van der Waals surface area contributed by atoms with Gasteiger partial charge in [-0.2, -0.15) is 0 Å². The van der Waals surface area contributed by atoms with Gasteiger partial charge in [-0.3, -0.25) is 4.98 Å². The molecule has 1 aliphatic rings. The lowest BCUT2D eigenvalue weighted by Gasteiger charge is -2.27. The molecule has 0 radical (unpaired) electrons. The Labute approximate surface area is 85.1 Å². The van der Waals surface area contributed by atoms with Crippen LogP contribution in [0.3, 0.4) is 0 Å². The van der Waals surface area contributed by atoms with E-state index in [0.29, 0.717) is 5.92 Å². The molecule has 2 heteroatoms. The first kappa shape index (κ1) is 9.25. The molecule has 0 amide bonds. The van der Waals surface area contributed by atoms with Crippen molar-refractivity contribution >= 4 is 5.69 Å². The number of nitrogens with zero attached hydrogens (tertiary/aromatic N) is 1. The third-order valence-electron chi connectivity index (χ3n) is 2.67. The molecule has 1 aromatic heterocycles. The Kier molecular flexibility index (Phi) is 1.88. The number of pyridine rings is 1. The summed E-state index contributed by atoms with van der Waals surface area (Å²) in [5.41, 5.74) is 3.70. The molecule has 1 N–H and O–H groups in total. The lowest BCUT2D eigenvalue weighted by atomic mass is 9.77. The monoisotopic (exact) mass is 188 g/mol. The summed E-state index contributed by atoms with van der Waals surface area (Å²) in [7, 11) is 0. The third-order valence-corrected chi connectivity index (χ3v) is 2.67. The highest BCUT2D eigenvalue weighted by Crippen LogP contribution is 2.47. The number of rotatable bonds is 0. The van der Waals surface area contributed by atoms with Crippen molar-refractivity contribution in [1.29, 1.82) is 0 Å². The highest BCUT2D eigenvalue weighted by atomic mass is 14.9. The molecule has 1 unspecified atom stereocenters. The van der Waals surface area contributed by atoms with E-state index in [-0.39, 0.29) is 5.41 Å². The molecule has 2 rings (SSSR count). The fourth-order valence-corrected chi connectivity index (χ4v) is 2.17. The standard InChI is InChI=1S/C12H16N2/c1-8-11(12(2,3)4)9-7-13-6-5-10(9)14-8/h5-7,11,14H,1H2,2-4H3. The fourth-order valence-electron chi connectivity index (χ4n) is 2.17. The molecule has 2 nitrogen and oxygen atoms in total. The number of allylic oxidation sites excluding steroid dienone is 1. The summed E-state index contributed by atoms with van der Waals surface area (Å²) in [6.45, 7) is 10.8. The molecule has 0 bridgehead atoms. The predicted molar refractivity (Wildman–Crippen MR) is 59.2 cm³/mol. The van der Waals surface area contributed by atoms with Crippen LogP contribution < -0.4 is 5.32 Å². The second-order valence-electron chi connectivity index (χ2n) is 4.91. The quantitative estimate of drug-likeness (QED) is 0.676. The van der Waals surface area contributed by atoms with Crippen molar-refractivity contribution in [2.75, 3.05) is 5.32 Å². The molecule has 0 saturated carbocycles. The van der Waals surface area contributed by atoms with Crippen molar-refractivity contribution in [2.24, 2.45) is 5.41 Å². The molecule has 1 atom stereocenters. The van der Waals surface area contributed by atoms with Crippen LogP contribution in [-0.4, -0.2) is 4.98 Å². The Morgan fingerprint density at radius 2 is 2.14 bits per heavy atom. The van der Waals surface area contributed by atoms with E-state index >= 15 is 0 Å². The minimum Gasteiger partial charge on any atom is -0.359 e. The first-order valence-corrected chi connectivity index (χ1v) is 4.90. The van der Waals surface area contributed by atoms with Gasteiger partial charge in [0.05, 0.1) is 0 Å².